The maximum Gasteiger partial charge on any atom is 0.354 e. The number of rotatable bonds is 16. The molecule has 0 unspecified atom stereocenters. The molecule has 0 aliphatic carbocycles. The minimum atomic E-state index is -1.28. The van der Waals surface area contributed by atoms with Crippen molar-refractivity contribution in [3.8, 4) is 0 Å². The average molecular weight is 989 g/mol. The van der Waals surface area contributed by atoms with Crippen LogP contribution in [0.3, 0.4) is 0 Å². The summed E-state index contributed by atoms with van der Waals surface area (Å²) in [5.74, 6) is 0.589. The second kappa shape index (κ2) is 33.9. The van der Waals surface area contributed by atoms with Crippen LogP contribution >= 0.6 is 11.6 Å². The van der Waals surface area contributed by atoms with E-state index in [1.165, 1.54) is 18.3 Å². The van der Waals surface area contributed by atoms with Crippen molar-refractivity contribution in [1.29, 1.82) is 0 Å². The van der Waals surface area contributed by atoms with Crippen molar-refractivity contribution in [2.24, 2.45) is 5.73 Å². The Morgan fingerprint density at radius 1 is 0.614 bits per heavy atom. The van der Waals surface area contributed by atoms with Gasteiger partial charge in [-0.2, -0.15) is 4.98 Å². The van der Waals surface area contributed by atoms with Gasteiger partial charge in [-0.15, -0.1) is 0 Å². The molecule has 0 radical (unpaired) electrons. The van der Waals surface area contributed by atoms with E-state index in [1.54, 1.807) is 75.3 Å². The number of nitro groups is 2. The molecule has 25 heteroatoms. The standard InChI is InChI=1S/C14H17N5O.C9H10N2O3.C9H12N2O.C6H4N2O4.C5H6ClN3.C2H7N.H2/c1-3-4-12(20)11-9-10(5-7-16-11)18-14-17-8-6-13(15-2)19-14;1-2-3-9(12)8-6-7(11(13)14)4-5-10-8;1-2-3-9(12)8-6-7(10)4-5-11-8;9-6(10)5-3-4(8(11)12)1-2-7-5;1-7-4-2-3-8-5(6)9-4;1-2-3;/h5-9H,3-4H2,1-2H3,(H2,15,16,17,18,19);4-6H,2-3H2,1H3;4-6H,2-3H2,1H3,(H2,10,11);1-3H,(H,9,10);2-3H,1H3,(H,7,8,9);2-3H2,1H3;1H. The monoisotopic (exact) mass is 987 g/mol. The number of ketones is 3. The first-order valence-electron chi connectivity index (χ1n) is 21.3. The van der Waals surface area contributed by atoms with Crippen molar-refractivity contribution in [3.05, 3.63) is 146 Å². The Morgan fingerprint density at radius 2 is 1.01 bits per heavy atom. The van der Waals surface area contributed by atoms with E-state index in [9.17, 15) is 39.4 Å². The molecular formula is C45H58ClN15O9. The zero-order valence-corrected chi connectivity index (χ0v) is 40.2. The predicted octanol–water partition coefficient (Wildman–Crippen LogP) is 8.33. The fourth-order valence-electron chi connectivity index (χ4n) is 4.82. The number of pyridine rings is 4. The summed E-state index contributed by atoms with van der Waals surface area (Å²) in [6, 6.07) is 14.8. The first-order chi connectivity index (χ1) is 33.5. The SMILES string of the molecule is CCCC(=O)c1cc(N)ccn1.CCCC(=O)c1cc(Nc2nccc(NC)n2)ccn1.CCCC(=O)c1cc([N+](=O)[O-])ccn1.CCN.CNc1ccnc(Cl)n1.O=C(O)c1cc([N+](=O)[O-])ccn1.[HH]. The molecule has 0 atom stereocenters. The van der Waals surface area contributed by atoms with Gasteiger partial charge in [0.25, 0.3) is 11.4 Å². The number of aromatic carboxylic acids is 1. The van der Waals surface area contributed by atoms with Crippen molar-refractivity contribution < 1.29 is 35.6 Å². The molecule has 0 spiro atoms. The quantitative estimate of drug-likeness (QED) is 0.0229. The van der Waals surface area contributed by atoms with Gasteiger partial charge in [-0.05, 0) is 73.8 Å². The first-order valence-corrected chi connectivity index (χ1v) is 21.7. The Bertz CT molecular complexity index is 2590. The lowest BCUT2D eigenvalue weighted by atomic mass is 10.1. The largest absolute Gasteiger partial charge is 0.477 e. The molecule has 0 saturated carbocycles. The third kappa shape index (κ3) is 23.8. The van der Waals surface area contributed by atoms with Crippen LogP contribution in [0.15, 0.2) is 97.8 Å². The minimum Gasteiger partial charge on any atom is -0.477 e. The van der Waals surface area contributed by atoms with Gasteiger partial charge in [0.15, 0.2) is 23.0 Å². The number of halogens is 1. The number of carboxylic acids is 1. The fraction of sp³-hybridized carbons (Fsp3) is 0.289. The molecule has 0 saturated heterocycles. The Labute approximate surface area is 410 Å². The lowest BCUT2D eigenvalue weighted by Crippen LogP contribution is -2.04. The second-order valence-corrected chi connectivity index (χ2v) is 13.9. The molecule has 6 aromatic rings. The highest BCUT2D eigenvalue weighted by molar-refractivity contribution is 6.28. The third-order valence-electron chi connectivity index (χ3n) is 8.01. The molecule has 0 amide bonds. The molecule has 0 aliphatic rings. The summed E-state index contributed by atoms with van der Waals surface area (Å²) in [5, 5.41) is 38.1. The predicted molar refractivity (Wildman–Crippen MR) is 268 cm³/mol. The molecule has 6 rings (SSSR count). The molecule has 6 heterocycles. The Balaban J connectivity index is 0.000000867. The molecule has 0 fully saturated rings. The van der Waals surface area contributed by atoms with Crippen LogP contribution in [0, 0.1) is 20.2 Å². The van der Waals surface area contributed by atoms with Gasteiger partial charge in [-0.25, -0.2) is 24.7 Å². The van der Waals surface area contributed by atoms with Crippen LogP contribution in [-0.2, 0) is 0 Å². The first kappa shape index (κ1) is 59.5. The number of Topliss-reactive ketones (excluding diaryl/α,β-unsaturated/α-hetero) is 3. The van der Waals surface area contributed by atoms with Crippen LogP contribution < -0.4 is 27.4 Å². The normalized spacial score (nSPS) is 9.54. The third-order valence-corrected chi connectivity index (χ3v) is 8.19. The van der Waals surface area contributed by atoms with E-state index in [-0.39, 0.29) is 46.8 Å². The van der Waals surface area contributed by atoms with Crippen LogP contribution in [0.5, 0.6) is 0 Å². The van der Waals surface area contributed by atoms with Crippen LogP contribution in [0.1, 0.15) is 110 Å². The molecule has 0 aromatic carbocycles. The van der Waals surface area contributed by atoms with Gasteiger partial charge in [0.05, 0.1) is 9.85 Å². The fourth-order valence-corrected chi connectivity index (χ4v) is 4.97. The molecule has 70 heavy (non-hydrogen) atoms. The van der Waals surface area contributed by atoms with E-state index in [0.717, 1.165) is 55.0 Å². The highest BCUT2D eigenvalue weighted by Crippen LogP contribution is 2.16. The van der Waals surface area contributed by atoms with E-state index in [2.05, 4.69) is 55.8 Å². The van der Waals surface area contributed by atoms with E-state index in [1.807, 2.05) is 27.7 Å². The molecular weight excluding hydrogens is 930 g/mol. The number of nitrogens with zero attached hydrogens (tertiary/aromatic N) is 10. The van der Waals surface area contributed by atoms with Crippen molar-refractivity contribution >= 4 is 75.3 Å². The number of anilines is 5. The van der Waals surface area contributed by atoms with Crippen LogP contribution in [-0.4, -0.2) is 98.8 Å². The topological polar surface area (TPSA) is 366 Å². The van der Waals surface area contributed by atoms with E-state index < -0.39 is 15.8 Å². The summed E-state index contributed by atoms with van der Waals surface area (Å²) < 4.78 is 0. The summed E-state index contributed by atoms with van der Waals surface area (Å²) in [5.41, 5.74) is 12.1. The maximum atomic E-state index is 11.8. The lowest BCUT2D eigenvalue weighted by Gasteiger charge is -2.07. The van der Waals surface area contributed by atoms with Crippen LogP contribution in [0.2, 0.25) is 5.28 Å². The number of carboxylic acid groups (broad SMARTS) is 1. The second-order valence-electron chi connectivity index (χ2n) is 13.6. The molecule has 374 valence electrons. The Kier molecular flexibility index (Phi) is 28.8. The van der Waals surface area contributed by atoms with Gasteiger partial charge in [0.2, 0.25) is 11.2 Å². The summed E-state index contributed by atoms with van der Waals surface area (Å²) in [7, 11) is 3.57. The Morgan fingerprint density at radius 3 is 1.44 bits per heavy atom. The van der Waals surface area contributed by atoms with Gasteiger partial charge in [-0.1, -0.05) is 27.7 Å². The number of aromatic nitrogens is 8. The molecule has 6 aromatic heterocycles. The molecule has 24 nitrogen and oxygen atoms in total. The summed E-state index contributed by atoms with van der Waals surface area (Å²) >= 11 is 5.46. The van der Waals surface area contributed by atoms with Crippen molar-refractivity contribution in [1.82, 2.24) is 39.9 Å². The lowest BCUT2D eigenvalue weighted by molar-refractivity contribution is -0.385. The number of hydrogen-bond donors (Lipinski definition) is 6. The van der Waals surface area contributed by atoms with Gasteiger partial charge in [0.1, 0.15) is 28.7 Å². The summed E-state index contributed by atoms with van der Waals surface area (Å²) in [4.78, 5) is 95.2. The summed E-state index contributed by atoms with van der Waals surface area (Å²) in [6.45, 7) is 8.45. The van der Waals surface area contributed by atoms with E-state index in [4.69, 9.17) is 28.2 Å². The van der Waals surface area contributed by atoms with Crippen molar-refractivity contribution in [2.75, 3.05) is 42.3 Å². The Hall–Kier alpha value is -8.51. The average Bonchev–Trinajstić information content (AvgIpc) is 3.35. The van der Waals surface area contributed by atoms with Crippen molar-refractivity contribution in [3.63, 3.8) is 0 Å². The molecule has 0 aliphatic heterocycles. The number of nitrogen functional groups attached to an aromatic ring is 1. The van der Waals surface area contributed by atoms with Gasteiger partial charge in [-0.3, -0.25) is 49.6 Å². The molecule has 0 bridgehead atoms. The van der Waals surface area contributed by atoms with Crippen LogP contribution in [0.25, 0.3) is 0 Å². The van der Waals surface area contributed by atoms with Gasteiger partial charge >= 0.3 is 5.97 Å². The van der Waals surface area contributed by atoms with Crippen LogP contribution in [0.4, 0.5) is 40.3 Å². The van der Waals surface area contributed by atoms with Gasteiger partial charge in [0, 0.05) is 108 Å². The minimum absolute atomic E-state index is 0. The number of carbonyl (C=O) groups excluding carboxylic acids is 3. The van der Waals surface area contributed by atoms with Gasteiger partial charge < -0.3 is 32.5 Å². The van der Waals surface area contributed by atoms with E-state index in [0.29, 0.717) is 48.7 Å². The summed E-state index contributed by atoms with van der Waals surface area (Å²) in [6.07, 6.45) is 12.6. The maximum absolute atomic E-state index is 11.8. The highest BCUT2D eigenvalue weighted by atomic mass is 35.5. The highest BCUT2D eigenvalue weighted by Gasteiger charge is 2.13. The number of hydrogen-bond acceptors (Lipinski definition) is 21. The van der Waals surface area contributed by atoms with E-state index >= 15 is 0 Å². The number of nitrogens with one attached hydrogen (secondary N) is 3. The zero-order valence-electron chi connectivity index (χ0n) is 39.4. The van der Waals surface area contributed by atoms with Crippen molar-refractivity contribution in [2.45, 2.75) is 66.2 Å². The molecule has 8 N–H and O–H groups in total. The smallest absolute Gasteiger partial charge is 0.354 e. The number of carbonyl (C=O) groups is 4. The number of nitrogens with two attached hydrogens (primary N) is 2. The zero-order chi connectivity index (χ0) is 52.4.